The zero-order valence-electron chi connectivity index (χ0n) is 22.2. The Labute approximate surface area is 252 Å². The third-order valence-electron chi connectivity index (χ3n) is 8.61. The molecular weight excluding hydrogens is 646 g/mol. The third-order valence-corrected chi connectivity index (χ3v) is 9.92. The number of fused-ring (bicyclic) bond motifs is 2. The second-order valence-electron chi connectivity index (χ2n) is 11.3. The molecule has 1 aliphatic carbocycles. The molecule has 0 saturated carbocycles. The van der Waals surface area contributed by atoms with Crippen molar-refractivity contribution in [3.8, 4) is 0 Å². The molecule has 2 amide bonds. The number of halogens is 3. The van der Waals surface area contributed by atoms with E-state index in [-0.39, 0.29) is 29.9 Å². The Morgan fingerprint density at radius 2 is 1.56 bits per heavy atom. The topological polar surface area (TPSA) is 70.6 Å². The lowest BCUT2D eigenvalue weighted by Gasteiger charge is -2.38. The maximum Gasteiger partial charge on any atom is 0.230 e. The molecule has 0 bridgehead atoms. The minimum Gasteiger partial charge on any atom is -0.343 e. The van der Waals surface area contributed by atoms with Gasteiger partial charge in [0.05, 0.1) is 12.1 Å². The van der Waals surface area contributed by atoms with Crippen molar-refractivity contribution in [3.63, 3.8) is 0 Å². The van der Waals surface area contributed by atoms with Gasteiger partial charge in [0.1, 0.15) is 5.78 Å². The Hall–Kier alpha value is -1.77. The fourth-order valence-electron chi connectivity index (χ4n) is 6.60. The zero-order valence-corrected chi connectivity index (χ0v) is 26.2. The van der Waals surface area contributed by atoms with Crippen molar-refractivity contribution in [3.05, 3.63) is 60.7 Å². The molecule has 9 heteroatoms. The van der Waals surface area contributed by atoms with Crippen LogP contribution in [0.4, 0.5) is 0 Å². The molecule has 208 valence electrons. The number of piperidine rings is 2. The largest absolute Gasteiger partial charge is 0.343 e. The van der Waals surface area contributed by atoms with Crippen molar-refractivity contribution >= 4 is 61.1 Å². The summed E-state index contributed by atoms with van der Waals surface area (Å²) in [5, 5.41) is 0.744. The molecule has 2 saturated heterocycles. The molecule has 1 atom stereocenters. The van der Waals surface area contributed by atoms with E-state index in [0.717, 1.165) is 71.3 Å². The van der Waals surface area contributed by atoms with Gasteiger partial charge < -0.3 is 9.80 Å². The number of rotatable bonds is 5. The Morgan fingerprint density at radius 1 is 0.923 bits per heavy atom. The summed E-state index contributed by atoms with van der Waals surface area (Å²) in [6.45, 7) is 4.22. The summed E-state index contributed by atoms with van der Waals surface area (Å²) in [5.41, 5.74) is 5.00. The number of nitrogens with zero attached hydrogens (tertiary/aromatic N) is 3. The van der Waals surface area contributed by atoms with Crippen molar-refractivity contribution < 1.29 is 14.4 Å². The number of benzene rings is 1. The minimum absolute atomic E-state index is 0.0229. The van der Waals surface area contributed by atoms with Crippen LogP contribution in [0.2, 0.25) is 5.02 Å². The fourth-order valence-corrected chi connectivity index (χ4v) is 8.10. The first-order valence-corrected chi connectivity index (χ1v) is 15.8. The summed E-state index contributed by atoms with van der Waals surface area (Å²) in [4.78, 5) is 45.5. The minimum atomic E-state index is -0.101. The number of ketones is 1. The number of likely N-dealkylation sites (tertiary alicyclic amines) is 2. The van der Waals surface area contributed by atoms with Gasteiger partial charge >= 0.3 is 0 Å². The second-order valence-corrected chi connectivity index (χ2v) is 13.5. The van der Waals surface area contributed by atoms with Gasteiger partial charge in [-0.3, -0.25) is 19.4 Å². The van der Waals surface area contributed by atoms with E-state index in [1.54, 1.807) is 4.90 Å². The van der Waals surface area contributed by atoms with Crippen LogP contribution in [0, 0.1) is 11.8 Å². The van der Waals surface area contributed by atoms with Crippen molar-refractivity contribution in [1.82, 2.24) is 14.8 Å². The predicted octanol–water partition coefficient (Wildman–Crippen LogP) is 6.34. The number of aryl methyl sites for hydroxylation is 2. The third kappa shape index (κ3) is 6.59. The van der Waals surface area contributed by atoms with E-state index in [4.69, 9.17) is 16.6 Å². The van der Waals surface area contributed by atoms with E-state index >= 15 is 0 Å². The average molecular weight is 680 g/mol. The lowest BCUT2D eigenvalue weighted by atomic mass is 9.76. The molecule has 0 spiro atoms. The predicted molar refractivity (Wildman–Crippen MR) is 159 cm³/mol. The molecule has 39 heavy (non-hydrogen) atoms. The Morgan fingerprint density at radius 3 is 2.26 bits per heavy atom. The molecule has 0 N–H and O–H groups in total. The van der Waals surface area contributed by atoms with Crippen LogP contribution in [0.1, 0.15) is 73.8 Å². The van der Waals surface area contributed by atoms with Gasteiger partial charge in [0.15, 0.2) is 0 Å². The lowest BCUT2D eigenvalue weighted by molar-refractivity contribution is -0.136. The van der Waals surface area contributed by atoms with E-state index in [1.165, 1.54) is 23.6 Å². The van der Waals surface area contributed by atoms with Gasteiger partial charge in [-0.05, 0) is 108 Å². The maximum absolute atomic E-state index is 13.3. The second kappa shape index (κ2) is 12.4. The fraction of sp³-hybridized carbons (Fsp3) is 0.533. The van der Waals surface area contributed by atoms with Gasteiger partial charge in [0.2, 0.25) is 11.8 Å². The average Bonchev–Trinajstić information content (AvgIpc) is 3.05. The highest BCUT2D eigenvalue weighted by molar-refractivity contribution is 9.10. The van der Waals surface area contributed by atoms with E-state index in [9.17, 15) is 14.4 Å². The number of carbonyl (C=O) groups excluding carboxylic acids is 3. The van der Waals surface area contributed by atoms with Gasteiger partial charge in [-0.2, -0.15) is 0 Å². The Kier molecular flexibility index (Phi) is 9.14. The van der Waals surface area contributed by atoms with Crippen LogP contribution in [-0.2, 0) is 27.2 Å². The SMILES string of the molecule is CC(=O)CC(=O)N1CCC(CC(=O)N2CCC(C3c4ncc(Br)cc4CCc4cc(Cl)cc(Br)c43)CC2)CC1. The molecule has 1 aromatic heterocycles. The highest BCUT2D eigenvalue weighted by atomic mass is 79.9. The normalized spacial score (nSPS) is 20.3. The van der Waals surface area contributed by atoms with E-state index in [1.807, 2.05) is 17.2 Å². The number of hydrogen-bond donors (Lipinski definition) is 0. The standard InChI is InChI=1S/C30H34Br2ClN3O3/c1-18(37)12-26(38)35-8-4-19(5-9-35)13-27(39)36-10-6-20(7-11-36)29-28-21(15-24(33)16-25(28)32)2-3-22-14-23(31)17-34-30(22)29/h14-17,19-20,29H,2-13H2,1H3. The summed E-state index contributed by atoms with van der Waals surface area (Å²) in [6.07, 6.45) is 7.76. The van der Waals surface area contributed by atoms with Crippen molar-refractivity contribution in [2.45, 2.75) is 64.2 Å². The molecule has 5 rings (SSSR count). The molecule has 1 unspecified atom stereocenters. The van der Waals surface area contributed by atoms with Crippen molar-refractivity contribution in [2.24, 2.45) is 11.8 Å². The molecule has 3 aliphatic rings. The molecular formula is C30H34Br2ClN3O3. The molecule has 2 fully saturated rings. The van der Waals surface area contributed by atoms with Crippen LogP contribution in [0.3, 0.4) is 0 Å². The van der Waals surface area contributed by atoms with Crippen LogP contribution < -0.4 is 0 Å². The quantitative estimate of drug-likeness (QED) is 0.346. The highest BCUT2D eigenvalue weighted by Crippen LogP contribution is 2.46. The lowest BCUT2D eigenvalue weighted by Crippen LogP contribution is -2.43. The number of pyridine rings is 1. The monoisotopic (exact) mass is 677 g/mol. The number of carbonyl (C=O) groups is 3. The summed E-state index contributed by atoms with van der Waals surface area (Å²) in [6, 6.07) is 6.30. The van der Waals surface area contributed by atoms with Gasteiger partial charge in [-0.15, -0.1) is 0 Å². The molecule has 2 aliphatic heterocycles. The van der Waals surface area contributed by atoms with E-state index < -0.39 is 0 Å². The summed E-state index contributed by atoms with van der Waals surface area (Å²) in [7, 11) is 0. The Balaban J connectivity index is 1.24. The highest BCUT2D eigenvalue weighted by Gasteiger charge is 2.37. The van der Waals surface area contributed by atoms with Crippen molar-refractivity contribution in [2.75, 3.05) is 26.2 Å². The first kappa shape index (κ1) is 28.7. The molecule has 1 aromatic carbocycles. The summed E-state index contributed by atoms with van der Waals surface area (Å²) < 4.78 is 2.04. The number of aromatic nitrogens is 1. The van der Waals surface area contributed by atoms with Gasteiger partial charge in [-0.1, -0.05) is 27.5 Å². The van der Waals surface area contributed by atoms with Gasteiger partial charge in [0.25, 0.3) is 0 Å². The summed E-state index contributed by atoms with van der Waals surface area (Å²) >= 11 is 13.9. The number of amides is 2. The van der Waals surface area contributed by atoms with Crippen LogP contribution in [0.15, 0.2) is 33.3 Å². The number of Topliss-reactive ketones (excluding diaryl/α,β-unsaturated/α-hetero) is 1. The van der Waals surface area contributed by atoms with E-state index in [2.05, 4.69) is 44.0 Å². The molecule has 0 radical (unpaired) electrons. The molecule has 2 aromatic rings. The van der Waals surface area contributed by atoms with Crippen LogP contribution >= 0.6 is 43.5 Å². The molecule has 6 nitrogen and oxygen atoms in total. The summed E-state index contributed by atoms with van der Waals surface area (Å²) in [5.74, 6) is 0.861. The first-order chi connectivity index (χ1) is 18.7. The van der Waals surface area contributed by atoms with Crippen LogP contribution in [-0.4, -0.2) is 58.6 Å². The zero-order chi connectivity index (χ0) is 27.7. The van der Waals surface area contributed by atoms with Gasteiger partial charge in [0, 0.05) is 58.7 Å². The van der Waals surface area contributed by atoms with Crippen molar-refractivity contribution in [1.29, 1.82) is 0 Å². The first-order valence-electron chi connectivity index (χ1n) is 13.9. The van der Waals surface area contributed by atoms with Gasteiger partial charge in [-0.25, -0.2) is 0 Å². The Bertz CT molecular complexity index is 1270. The van der Waals surface area contributed by atoms with E-state index in [0.29, 0.717) is 31.3 Å². The smallest absolute Gasteiger partial charge is 0.230 e. The number of hydrogen-bond acceptors (Lipinski definition) is 4. The molecule has 3 heterocycles. The maximum atomic E-state index is 13.3. The van der Waals surface area contributed by atoms with Crippen LogP contribution in [0.25, 0.3) is 0 Å². The van der Waals surface area contributed by atoms with Crippen LogP contribution in [0.5, 0.6) is 0 Å².